The molecule has 0 N–H and O–H groups in total. The molecule has 0 unspecified atom stereocenters. The third-order valence-corrected chi connectivity index (χ3v) is 2.38. The first-order valence-electron chi connectivity index (χ1n) is 4.75. The molecule has 82 valence electrons. The number of carbonyl (C=O) groups excluding carboxylic acids is 1. The smallest absolute Gasteiger partial charge is 0.215 e. The second-order valence-electron chi connectivity index (χ2n) is 3.51. The van der Waals surface area contributed by atoms with E-state index in [2.05, 4.69) is 10.3 Å². The van der Waals surface area contributed by atoms with Crippen molar-refractivity contribution in [1.29, 1.82) is 0 Å². The van der Waals surface area contributed by atoms with Crippen molar-refractivity contribution in [3.63, 3.8) is 0 Å². The molecule has 0 aliphatic carbocycles. The Kier molecular flexibility index (Phi) is 2.52. The lowest BCUT2D eigenvalue weighted by molar-refractivity contribution is 0.102. The first-order chi connectivity index (χ1) is 7.61. The topological polar surface area (TPSA) is 47.8 Å². The maximum atomic E-state index is 13.7. The van der Waals surface area contributed by atoms with Crippen LogP contribution in [0, 0.1) is 12.7 Å². The first-order valence-corrected chi connectivity index (χ1v) is 4.75. The summed E-state index contributed by atoms with van der Waals surface area (Å²) in [5, 5.41) is 7.23. The van der Waals surface area contributed by atoms with Crippen LogP contribution in [0.2, 0.25) is 0 Å². The summed E-state index contributed by atoms with van der Waals surface area (Å²) < 4.78 is 15.0. The van der Waals surface area contributed by atoms with Crippen LogP contribution in [0.4, 0.5) is 4.39 Å². The third kappa shape index (κ3) is 1.60. The summed E-state index contributed by atoms with van der Waals surface area (Å²) in [6, 6.07) is 4.72. The number of ketones is 1. The van der Waals surface area contributed by atoms with Gasteiger partial charge in [0.1, 0.15) is 11.5 Å². The zero-order valence-corrected chi connectivity index (χ0v) is 8.94. The van der Waals surface area contributed by atoms with Gasteiger partial charge in [-0.15, -0.1) is 5.10 Å². The van der Waals surface area contributed by atoms with Crippen molar-refractivity contribution in [3.05, 3.63) is 47.0 Å². The van der Waals surface area contributed by atoms with Gasteiger partial charge in [0.25, 0.3) is 0 Å². The van der Waals surface area contributed by atoms with Crippen molar-refractivity contribution < 1.29 is 9.18 Å². The molecule has 1 heterocycles. The minimum Gasteiger partial charge on any atom is -0.287 e. The summed E-state index contributed by atoms with van der Waals surface area (Å²) in [4.78, 5) is 12.0. The predicted octanol–water partition coefficient (Wildman–Crippen LogP) is 1.49. The van der Waals surface area contributed by atoms with E-state index >= 15 is 0 Å². The average molecular weight is 219 g/mol. The quantitative estimate of drug-likeness (QED) is 0.719. The van der Waals surface area contributed by atoms with Crippen LogP contribution in [-0.4, -0.2) is 20.8 Å². The van der Waals surface area contributed by atoms with Crippen LogP contribution in [0.25, 0.3) is 0 Å². The Hall–Kier alpha value is -2.04. The van der Waals surface area contributed by atoms with Gasteiger partial charge in [0.2, 0.25) is 5.78 Å². The van der Waals surface area contributed by atoms with Crippen molar-refractivity contribution in [1.82, 2.24) is 15.0 Å². The van der Waals surface area contributed by atoms with E-state index in [4.69, 9.17) is 0 Å². The van der Waals surface area contributed by atoms with E-state index in [1.54, 1.807) is 26.1 Å². The minimum atomic E-state index is -0.492. The fraction of sp³-hybridized carbons (Fsp3) is 0.182. The van der Waals surface area contributed by atoms with E-state index in [9.17, 15) is 9.18 Å². The van der Waals surface area contributed by atoms with E-state index in [-0.39, 0.29) is 11.3 Å². The molecule has 1 aromatic carbocycles. The monoisotopic (exact) mass is 219 g/mol. The highest BCUT2D eigenvalue weighted by Gasteiger charge is 2.18. The molecule has 0 saturated carbocycles. The maximum absolute atomic E-state index is 13.7. The van der Waals surface area contributed by atoms with E-state index in [1.165, 1.54) is 16.9 Å². The van der Waals surface area contributed by atoms with Crippen LogP contribution < -0.4 is 0 Å². The van der Waals surface area contributed by atoms with Crippen LogP contribution in [0.5, 0.6) is 0 Å². The van der Waals surface area contributed by atoms with Gasteiger partial charge in [0.15, 0.2) is 0 Å². The molecule has 2 aromatic rings. The SMILES string of the molecule is Cc1cccc(C(=O)c2cnnn2C)c1F. The summed E-state index contributed by atoms with van der Waals surface area (Å²) in [5.74, 6) is -0.901. The molecule has 0 bridgehead atoms. The molecule has 0 aliphatic rings. The Labute approximate surface area is 91.7 Å². The molecule has 0 atom stereocenters. The minimum absolute atomic E-state index is 0.0467. The van der Waals surface area contributed by atoms with Gasteiger partial charge in [0.05, 0.1) is 11.8 Å². The van der Waals surface area contributed by atoms with Crippen LogP contribution in [0.1, 0.15) is 21.6 Å². The molecule has 5 heteroatoms. The van der Waals surface area contributed by atoms with Crippen LogP contribution in [0.3, 0.4) is 0 Å². The molecule has 4 nitrogen and oxygen atoms in total. The number of aryl methyl sites for hydroxylation is 2. The zero-order valence-electron chi connectivity index (χ0n) is 8.94. The molecule has 0 aliphatic heterocycles. The Morgan fingerprint density at radius 3 is 2.81 bits per heavy atom. The third-order valence-electron chi connectivity index (χ3n) is 2.38. The lowest BCUT2D eigenvalue weighted by Crippen LogP contribution is -2.10. The second kappa shape index (κ2) is 3.84. The van der Waals surface area contributed by atoms with Gasteiger partial charge in [-0.25, -0.2) is 9.07 Å². The van der Waals surface area contributed by atoms with Gasteiger partial charge in [-0.3, -0.25) is 4.79 Å². The fourth-order valence-electron chi connectivity index (χ4n) is 1.46. The Morgan fingerprint density at radius 1 is 1.44 bits per heavy atom. The van der Waals surface area contributed by atoms with Crippen molar-refractivity contribution >= 4 is 5.78 Å². The van der Waals surface area contributed by atoms with Gasteiger partial charge in [0, 0.05) is 7.05 Å². The summed E-state index contributed by atoms with van der Waals surface area (Å²) in [6.45, 7) is 1.62. The fourth-order valence-corrected chi connectivity index (χ4v) is 1.46. The second-order valence-corrected chi connectivity index (χ2v) is 3.51. The van der Waals surface area contributed by atoms with Crippen molar-refractivity contribution in [2.75, 3.05) is 0 Å². The lowest BCUT2D eigenvalue weighted by atomic mass is 10.1. The lowest BCUT2D eigenvalue weighted by Gasteiger charge is -2.03. The number of halogens is 1. The number of benzene rings is 1. The standard InChI is InChI=1S/C11H10FN3O/c1-7-4-3-5-8(10(7)12)11(16)9-6-13-14-15(9)2/h3-6H,1-2H3. The summed E-state index contributed by atoms with van der Waals surface area (Å²) in [5.41, 5.74) is 0.760. The number of nitrogens with zero attached hydrogens (tertiary/aromatic N) is 3. The van der Waals surface area contributed by atoms with E-state index in [1.807, 2.05) is 0 Å². The molecule has 0 amide bonds. The van der Waals surface area contributed by atoms with Gasteiger partial charge in [-0.05, 0) is 18.6 Å². The highest BCUT2D eigenvalue weighted by atomic mass is 19.1. The van der Waals surface area contributed by atoms with Crippen molar-refractivity contribution in [3.8, 4) is 0 Å². The molecule has 0 spiro atoms. The Morgan fingerprint density at radius 2 is 2.19 bits per heavy atom. The van der Waals surface area contributed by atoms with Crippen molar-refractivity contribution in [2.45, 2.75) is 6.92 Å². The highest BCUT2D eigenvalue weighted by Crippen LogP contribution is 2.15. The molecular weight excluding hydrogens is 209 g/mol. The number of carbonyl (C=O) groups is 1. The van der Waals surface area contributed by atoms with Crippen LogP contribution >= 0.6 is 0 Å². The van der Waals surface area contributed by atoms with Gasteiger partial charge in [-0.2, -0.15) is 0 Å². The predicted molar refractivity (Wildman–Crippen MR) is 55.6 cm³/mol. The van der Waals surface area contributed by atoms with E-state index < -0.39 is 11.6 Å². The number of rotatable bonds is 2. The van der Waals surface area contributed by atoms with E-state index in [0.29, 0.717) is 5.56 Å². The molecule has 16 heavy (non-hydrogen) atoms. The average Bonchev–Trinajstić information content (AvgIpc) is 2.68. The van der Waals surface area contributed by atoms with Gasteiger partial charge in [-0.1, -0.05) is 17.3 Å². The van der Waals surface area contributed by atoms with Gasteiger partial charge >= 0.3 is 0 Å². The largest absolute Gasteiger partial charge is 0.287 e. The number of aromatic nitrogens is 3. The summed E-state index contributed by atoms with van der Waals surface area (Å²) in [6.07, 6.45) is 1.32. The van der Waals surface area contributed by atoms with Gasteiger partial charge < -0.3 is 0 Å². The summed E-state index contributed by atoms with van der Waals surface area (Å²) in [7, 11) is 1.59. The van der Waals surface area contributed by atoms with Crippen molar-refractivity contribution in [2.24, 2.45) is 7.05 Å². The Balaban J connectivity index is 2.50. The highest BCUT2D eigenvalue weighted by molar-refractivity contribution is 6.07. The molecule has 2 rings (SSSR count). The summed E-state index contributed by atoms with van der Waals surface area (Å²) >= 11 is 0. The number of hydrogen-bond acceptors (Lipinski definition) is 3. The molecule has 1 aromatic heterocycles. The molecular formula is C11H10FN3O. The normalized spacial score (nSPS) is 10.4. The maximum Gasteiger partial charge on any atom is 0.215 e. The molecule has 0 radical (unpaired) electrons. The van der Waals surface area contributed by atoms with E-state index in [0.717, 1.165) is 0 Å². The Bertz CT molecular complexity index is 548. The first kappa shape index (κ1) is 10.5. The van der Waals surface area contributed by atoms with Crippen LogP contribution in [-0.2, 0) is 7.05 Å². The zero-order chi connectivity index (χ0) is 11.7. The van der Waals surface area contributed by atoms with Crippen LogP contribution in [0.15, 0.2) is 24.4 Å². The molecule has 0 saturated heterocycles. The molecule has 0 fully saturated rings. The number of hydrogen-bond donors (Lipinski definition) is 0.